The third-order valence-electron chi connectivity index (χ3n) is 9.64. The molecule has 4 aromatic carbocycles. The first-order valence-corrected chi connectivity index (χ1v) is 20.1. The van der Waals surface area contributed by atoms with Gasteiger partial charge in [-0.25, -0.2) is 0 Å². The molecule has 6 rings (SSSR count). The second-order valence-corrected chi connectivity index (χ2v) is 13.9. The lowest BCUT2D eigenvalue weighted by Gasteiger charge is -2.38. The summed E-state index contributed by atoms with van der Waals surface area (Å²) in [6.45, 7) is 8.60. The van der Waals surface area contributed by atoms with Crippen molar-refractivity contribution in [3.05, 3.63) is 95.1 Å². The monoisotopic (exact) mass is 746 g/mol. The number of hydrogen-bond acceptors (Lipinski definition) is 6. The molecule has 2 aliphatic heterocycles. The molecule has 2 aliphatic rings. The quantitative estimate of drug-likeness (QED) is 0.100. The van der Waals surface area contributed by atoms with Gasteiger partial charge in [-0.2, -0.15) is 0 Å². The van der Waals surface area contributed by atoms with E-state index in [9.17, 15) is 0 Å². The zero-order chi connectivity index (χ0) is 39.0. The van der Waals surface area contributed by atoms with Gasteiger partial charge in [0, 0.05) is 84.0 Å². The van der Waals surface area contributed by atoms with Gasteiger partial charge < -0.3 is 28.4 Å². The van der Waals surface area contributed by atoms with Gasteiger partial charge in [0.2, 0.25) is 0 Å². The molecule has 6 nitrogen and oxygen atoms in total. The molecule has 0 saturated carbocycles. The molecular weight excluding hydrogens is 697 g/mol. The lowest BCUT2D eigenvalue weighted by molar-refractivity contribution is 0.404. The standard InChI is InChI=1S/C50H50O6/c1-5-9-13-17-29-51-37-21-25-41-45(33-37)55-46-34-38(52-30-18-14-10-6-2)22-26-42(46)49(41)50-43-27-23-39(53-31-19-15-11-7-3)35-47(43)56-48-36-40(24-28-44(48)50)54-32-20-16-12-8-4/h21-28,33-36,49-50H,5-16H2,1-4H3. The lowest BCUT2D eigenvalue weighted by atomic mass is 9.71. The van der Waals surface area contributed by atoms with E-state index >= 15 is 0 Å². The lowest BCUT2D eigenvalue weighted by Crippen LogP contribution is -2.22. The summed E-state index contributed by atoms with van der Waals surface area (Å²) in [5.41, 5.74) is 4.02. The largest absolute Gasteiger partial charge is 0.456 e. The van der Waals surface area contributed by atoms with E-state index in [2.05, 4.69) is 100 Å². The normalized spacial score (nSPS) is 12.0. The minimum atomic E-state index is -0.189. The first kappa shape index (κ1) is 39.6. The van der Waals surface area contributed by atoms with Crippen molar-refractivity contribution < 1.29 is 28.4 Å². The topological polar surface area (TPSA) is 55.4 Å². The van der Waals surface area contributed by atoms with E-state index in [0.717, 1.165) is 99.3 Å². The molecule has 4 aromatic rings. The number of hydrogen-bond donors (Lipinski definition) is 0. The van der Waals surface area contributed by atoms with Crippen LogP contribution in [0, 0.1) is 48.1 Å². The molecule has 0 spiro atoms. The van der Waals surface area contributed by atoms with Crippen molar-refractivity contribution in [3.63, 3.8) is 0 Å². The predicted molar refractivity (Wildman–Crippen MR) is 221 cm³/mol. The summed E-state index contributed by atoms with van der Waals surface area (Å²) in [4.78, 5) is 0. The van der Waals surface area contributed by atoms with E-state index in [-0.39, 0.29) is 11.8 Å². The molecule has 0 aromatic heterocycles. The van der Waals surface area contributed by atoms with Crippen LogP contribution in [0.25, 0.3) is 0 Å². The molecule has 0 fully saturated rings. The van der Waals surface area contributed by atoms with Gasteiger partial charge in [0.05, 0.1) is 0 Å². The molecule has 0 bridgehead atoms. The molecule has 6 heteroatoms. The summed E-state index contributed by atoms with van der Waals surface area (Å²) in [6.07, 6.45) is 23.1. The van der Waals surface area contributed by atoms with Crippen LogP contribution in [0.15, 0.2) is 72.8 Å². The first-order valence-electron chi connectivity index (χ1n) is 20.1. The van der Waals surface area contributed by atoms with Gasteiger partial charge in [0.1, 0.15) is 70.4 Å². The number of ether oxygens (including phenoxy) is 6. The van der Waals surface area contributed by atoms with Crippen LogP contribution in [0.1, 0.15) is 139 Å². The Morgan fingerprint density at radius 1 is 0.393 bits per heavy atom. The Morgan fingerprint density at radius 2 is 0.643 bits per heavy atom. The fourth-order valence-corrected chi connectivity index (χ4v) is 6.63. The molecule has 56 heavy (non-hydrogen) atoms. The Morgan fingerprint density at radius 3 is 0.875 bits per heavy atom. The second kappa shape index (κ2) is 20.6. The minimum Gasteiger partial charge on any atom is -0.456 e. The van der Waals surface area contributed by atoms with Gasteiger partial charge in [-0.1, -0.05) is 101 Å². The van der Waals surface area contributed by atoms with Crippen molar-refractivity contribution in [1.29, 1.82) is 0 Å². The van der Waals surface area contributed by atoms with Gasteiger partial charge in [0.15, 0.2) is 0 Å². The highest BCUT2D eigenvalue weighted by molar-refractivity contribution is 5.65. The van der Waals surface area contributed by atoms with E-state index in [4.69, 9.17) is 28.4 Å². The third kappa shape index (κ3) is 10.2. The Labute approximate surface area is 333 Å². The number of rotatable bonds is 13. The third-order valence-corrected chi connectivity index (χ3v) is 9.64. The highest BCUT2D eigenvalue weighted by Crippen LogP contribution is 2.58. The fraction of sp³-hybridized carbons (Fsp3) is 0.360. The Bertz CT molecular complexity index is 1910. The van der Waals surface area contributed by atoms with E-state index in [0.29, 0.717) is 46.0 Å². The maximum Gasteiger partial charge on any atom is 0.143 e. The molecule has 0 radical (unpaired) electrons. The molecule has 0 amide bonds. The van der Waals surface area contributed by atoms with E-state index in [1.54, 1.807) is 0 Å². The molecule has 286 valence electrons. The van der Waals surface area contributed by atoms with Crippen LogP contribution in [-0.2, 0) is 0 Å². The highest BCUT2D eigenvalue weighted by Gasteiger charge is 2.40. The van der Waals surface area contributed by atoms with Gasteiger partial charge in [0.25, 0.3) is 0 Å². The van der Waals surface area contributed by atoms with Crippen molar-refractivity contribution in [2.45, 2.75) is 117 Å². The van der Waals surface area contributed by atoms with Gasteiger partial charge in [-0.05, 0) is 49.9 Å². The summed E-state index contributed by atoms with van der Waals surface area (Å²) in [5.74, 6) is 17.2. The summed E-state index contributed by atoms with van der Waals surface area (Å²) in [5, 5.41) is 0. The Balaban J connectivity index is 1.44. The predicted octanol–water partition coefficient (Wildman–Crippen LogP) is 13.0. The second-order valence-electron chi connectivity index (χ2n) is 13.9. The minimum absolute atomic E-state index is 0.189. The van der Waals surface area contributed by atoms with Crippen molar-refractivity contribution in [1.82, 2.24) is 0 Å². The molecular formula is C50H50O6. The van der Waals surface area contributed by atoms with Crippen LogP contribution in [0.4, 0.5) is 0 Å². The van der Waals surface area contributed by atoms with Crippen molar-refractivity contribution in [2.24, 2.45) is 0 Å². The van der Waals surface area contributed by atoms with Gasteiger partial charge in [-0.15, -0.1) is 0 Å². The number of fused-ring (bicyclic) bond motifs is 4. The van der Waals surface area contributed by atoms with Crippen molar-refractivity contribution >= 4 is 0 Å². The van der Waals surface area contributed by atoms with Crippen LogP contribution in [-0.4, -0.2) is 0 Å². The number of unbranched alkanes of at least 4 members (excludes halogenated alkanes) is 8. The highest BCUT2D eigenvalue weighted by atomic mass is 16.5. The SMILES string of the molecule is CCCCC#COc1ccc2c(c1)Oc1cc(OC#CCCCC)ccc1C2C1c2ccc(OC#CCCCC)cc2Oc2cc(OC#CCCCC)ccc21. The molecule has 0 N–H and O–H groups in total. The van der Waals surface area contributed by atoms with E-state index in [1.807, 2.05) is 48.5 Å². The molecule has 2 heterocycles. The average Bonchev–Trinajstić information content (AvgIpc) is 3.21. The fourth-order valence-electron chi connectivity index (χ4n) is 6.63. The summed E-state index contributed by atoms with van der Waals surface area (Å²) in [6, 6.07) is 23.8. The maximum absolute atomic E-state index is 6.67. The van der Waals surface area contributed by atoms with Crippen LogP contribution in [0.3, 0.4) is 0 Å². The summed E-state index contributed by atoms with van der Waals surface area (Å²) < 4.78 is 36.9. The Kier molecular flexibility index (Phi) is 14.5. The van der Waals surface area contributed by atoms with Gasteiger partial charge in [-0.3, -0.25) is 0 Å². The average molecular weight is 747 g/mol. The zero-order valence-corrected chi connectivity index (χ0v) is 33.0. The van der Waals surface area contributed by atoms with Gasteiger partial charge >= 0.3 is 0 Å². The van der Waals surface area contributed by atoms with Crippen molar-refractivity contribution in [2.75, 3.05) is 0 Å². The molecule has 0 saturated heterocycles. The van der Waals surface area contributed by atoms with Crippen LogP contribution < -0.4 is 28.4 Å². The summed E-state index contributed by atoms with van der Waals surface area (Å²) in [7, 11) is 0. The Hall–Kier alpha value is -6.08. The molecule has 0 aliphatic carbocycles. The van der Waals surface area contributed by atoms with E-state index in [1.165, 1.54) is 0 Å². The summed E-state index contributed by atoms with van der Waals surface area (Å²) >= 11 is 0. The maximum atomic E-state index is 6.67. The van der Waals surface area contributed by atoms with Crippen LogP contribution >= 0.6 is 0 Å². The van der Waals surface area contributed by atoms with Crippen LogP contribution in [0.5, 0.6) is 46.0 Å². The van der Waals surface area contributed by atoms with Crippen LogP contribution in [0.2, 0.25) is 0 Å². The zero-order valence-electron chi connectivity index (χ0n) is 33.0. The number of benzene rings is 4. The smallest absolute Gasteiger partial charge is 0.143 e. The van der Waals surface area contributed by atoms with Crippen molar-refractivity contribution in [3.8, 4) is 94.1 Å². The first-order chi connectivity index (χ1) is 27.6. The van der Waals surface area contributed by atoms with E-state index < -0.39 is 0 Å². The molecule has 0 atom stereocenters. The molecule has 0 unspecified atom stereocenters.